The predicted molar refractivity (Wildman–Crippen MR) is 59.7 cm³/mol. The van der Waals surface area contributed by atoms with Crippen LogP contribution in [0.1, 0.15) is 59.8 Å². The molecule has 3 atom stereocenters. The molecule has 0 N–H and O–H groups in total. The average molecular weight is 182 g/mol. The van der Waals surface area contributed by atoms with E-state index in [1.54, 1.807) is 0 Å². The molecule has 3 unspecified atom stereocenters. The zero-order valence-electron chi connectivity index (χ0n) is 9.84. The molecule has 0 aliphatic heterocycles. The van der Waals surface area contributed by atoms with E-state index in [1.165, 1.54) is 32.1 Å². The predicted octanol–water partition coefficient (Wildman–Crippen LogP) is 4.49. The lowest BCUT2D eigenvalue weighted by atomic mass is 9.75. The fraction of sp³-hybridized carbons (Fsp3) is 1.00. The van der Waals surface area contributed by atoms with Gasteiger partial charge in [0.25, 0.3) is 0 Å². The van der Waals surface area contributed by atoms with Gasteiger partial charge < -0.3 is 0 Å². The lowest BCUT2D eigenvalue weighted by Crippen LogP contribution is -2.22. The van der Waals surface area contributed by atoms with Crippen LogP contribution in [0.4, 0.5) is 0 Å². The van der Waals surface area contributed by atoms with Gasteiger partial charge in [-0.1, -0.05) is 53.4 Å². The second-order valence-electron chi connectivity index (χ2n) is 5.08. The van der Waals surface area contributed by atoms with Gasteiger partial charge in [-0.2, -0.15) is 0 Å². The van der Waals surface area contributed by atoms with E-state index in [1.807, 2.05) is 0 Å². The summed E-state index contributed by atoms with van der Waals surface area (Å²) in [6.07, 6.45) is 7.30. The van der Waals surface area contributed by atoms with Crippen molar-refractivity contribution in [3.63, 3.8) is 0 Å². The quantitative estimate of drug-likeness (QED) is 0.600. The number of hydrogen-bond donors (Lipinski definition) is 0. The third kappa shape index (κ3) is 2.48. The van der Waals surface area contributed by atoms with Gasteiger partial charge in [0.1, 0.15) is 0 Å². The van der Waals surface area contributed by atoms with Gasteiger partial charge in [0.15, 0.2) is 0 Å². The summed E-state index contributed by atoms with van der Waals surface area (Å²) in [5.74, 6) is 3.98. The highest BCUT2D eigenvalue weighted by molar-refractivity contribution is 4.82. The molecule has 78 valence electrons. The number of rotatable bonds is 4. The average Bonchev–Trinajstić information content (AvgIpc) is 2.53. The molecule has 0 aromatic carbocycles. The molecule has 1 rings (SSSR count). The van der Waals surface area contributed by atoms with Crippen LogP contribution in [0.2, 0.25) is 0 Å². The second kappa shape index (κ2) is 5.02. The smallest absolute Gasteiger partial charge is 0.0355 e. The third-order valence-corrected chi connectivity index (χ3v) is 4.12. The molecule has 0 aromatic heterocycles. The van der Waals surface area contributed by atoms with E-state index >= 15 is 0 Å². The second-order valence-corrected chi connectivity index (χ2v) is 5.08. The van der Waals surface area contributed by atoms with Crippen molar-refractivity contribution in [2.45, 2.75) is 59.8 Å². The first-order chi connectivity index (χ1) is 6.20. The van der Waals surface area contributed by atoms with E-state index in [0.717, 1.165) is 23.7 Å². The number of hydrogen-bond acceptors (Lipinski definition) is 0. The molecular formula is C13H26. The molecule has 0 bridgehead atoms. The first kappa shape index (κ1) is 11.1. The normalized spacial score (nSPS) is 31.2. The molecule has 0 heteroatoms. The third-order valence-electron chi connectivity index (χ3n) is 4.12. The molecule has 0 radical (unpaired) electrons. The highest BCUT2D eigenvalue weighted by atomic mass is 14.4. The largest absolute Gasteiger partial charge is 0.0651 e. The van der Waals surface area contributed by atoms with E-state index < -0.39 is 0 Å². The topological polar surface area (TPSA) is 0 Å². The monoisotopic (exact) mass is 182 g/mol. The van der Waals surface area contributed by atoms with Gasteiger partial charge in [-0.05, 0) is 30.1 Å². The molecule has 13 heavy (non-hydrogen) atoms. The summed E-state index contributed by atoms with van der Waals surface area (Å²) >= 11 is 0. The van der Waals surface area contributed by atoms with Crippen molar-refractivity contribution in [3.8, 4) is 0 Å². The summed E-state index contributed by atoms with van der Waals surface area (Å²) in [7, 11) is 0. The van der Waals surface area contributed by atoms with Gasteiger partial charge in [0.05, 0.1) is 0 Å². The Bertz CT molecular complexity index is 137. The van der Waals surface area contributed by atoms with E-state index in [4.69, 9.17) is 0 Å². The molecule has 0 aromatic rings. The molecule has 1 aliphatic carbocycles. The summed E-state index contributed by atoms with van der Waals surface area (Å²) in [4.78, 5) is 0. The fourth-order valence-electron chi connectivity index (χ4n) is 3.40. The van der Waals surface area contributed by atoms with Crippen LogP contribution in [-0.2, 0) is 0 Å². The lowest BCUT2D eigenvalue weighted by molar-refractivity contribution is 0.193. The maximum Gasteiger partial charge on any atom is -0.0355 e. The van der Waals surface area contributed by atoms with Crippen LogP contribution in [-0.4, -0.2) is 0 Å². The lowest BCUT2D eigenvalue weighted by Gasteiger charge is -2.30. The van der Waals surface area contributed by atoms with Crippen LogP contribution in [0.5, 0.6) is 0 Å². The van der Waals surface area contributed by atoms with Crippen molar-refractivity contribution >= 4 is 0 Å². The SMILES string of the molecule is CCC1CCCC1C(CC)C(C)C. The Morgan fingerprint density at radius 2 is 1.85 bits per heavy atom. The van der Waals surface area contributed by atoms with Crippen molar-refractivity contribution < 1.29 is 0 Å². The molecule has 0 amide bonds. The van der Waals surface area contributed by atoms with Crippen molar-refractivity contribution in [2.24, 2.45) is 23.7 Å². The Hall–Kier alpha value is 0. The van der Waals surface area contributed by atoms with E-state index in [9.17, 15) is 0 Å². The summed E-state index contributed by atoms with van der Waals surface area (Å²) in [6, 6.07) is 0. The van der Waals surface area contributed by atoms with Gasteiger partial charge in [-0.3, -0.25) is 0 Å². The highest BCUT2D eigenvalue weighted by Crippen LogP contribution is 2.42. The summed E-state index contributed by atoms with van der Waals surface area (Å²) in [5, 5.41) is 0. The standard InChI is InChI=1S/C13H26/c1-5-11-8-7-9-13(11)12(6-2)10(3)4/h10-13H,5-9H2,1-4H3. The Morgan fingerprint density at radius 3 is 2.31 bits per heavy atom. The molecule has 1 fully saturated rings. The van der Waals surface area contributed by atoms with Crippen LogP contribution < -0.4 is 0 Å². The van der Waals surface area contributed by atoms with Crippen molar-refractivity contribution in [1.82, 2.24) is 0 Å². The van der Waals surface area contributed by atoms with Gasteiger partial charge in [0.2, 0.25) is 0 Å². The van der Waals surface area contributed by atoms with Gasteiger partial charge in [0, 0.05) is 0 Å². The van der Waals surface area contributed by atoms with Crippen LogP contribution in [0.25, 0.3) is 0 Å². The molecule has 1 saturated carbocycles. The minimum absolute atomic E-state index is 0.891. The molecule has 1 aliphatic rings. The molecule has 0 nitrogen and oxygen atoms in total. The maximum absolute atomic E-state index is 2.40. The maximum atomic E-state index is 2.40. The fourth-order valence-corrected chi connectivity index (χ4v) is 3.40. The Kier molecular flexibility index (Phi) is 4.28. The van der Waals surface area contributed by atoms with Crippen LogP contribution in [0.15, 0.2) is 0 Å². The zero-order chi connectivity index (χ0) is 9.84. The summed E-state index contributed by atoms with van der Waals surface area (Å²) in [5.41, 5.74) is 0. The van der Waals surface area contributed by atoms with E-state index in [0.29, 0.717) is 0 Å². The summed E-state index contributed by atoms with van der Waals surface area (Å²) in [6.45, 7) is 9.55. The Morgan fingerprint density at radius 1 is 1.15 bits per heavy atom. The first-order valence-electron chi connectivity index (χ1n) is 6.20. The molecular weight excluding hydrogens is 156 g/mol. The van der Waals surface area contributed by atoms with Crippen LogP contribution in [0, 0.1) is 23.7 Å². The zero-order valence-corrected chi connectivity index (χ0v) is 9.84. The molecule has 0 spiro atoms. The van der Waals surface area contributed by atoms with Crippen LogP contribution in [0.3, 0.4) is 0 Å². The molecule has 0 saturated heterocycles. The van der Waals surface area contributed by atoms with E-state index in [-0.39, 0.29) is 0 Å². The Balaban J connectivity index is 2.56. The van der Waals surface area contributed by atoms with Gasteiger partial charge >= 0.3 is 0 Å². The van der Waals surface area contributed by atoms with E-state index in [2.05, 4.69) is 27.7 Å². The van der Waals surface area contributed by atoms with Crippen molar-refractivity contribution in [2.75, 3.05) is 0 Å². The van der Waals surface area contributed by atoms with Gasteiger partial charge in [-0.15, -0.1) is 0 Å². The molecule has 0 heterocycles. The van der Waals surface area contributed by atoms with Crippen molar-refractivity contribution in [1.29, 1.82) is 0 Å². The Labute approximate surface area is 84.1 Å². The minimum atomic E-state index is 0.891. The van der Waals surface area contributed by atoms with Crippen molar-refractivity contribution in [3.05, 3.63) is 0 Å². The summed E-state index contributed by atoms with van der Waals surface area (Å²) < 4.78 is 0. The minimum Gasteiger partial charge on any atom is -0.0651 e. The van der Waals surface area contributed by atoms with Crippen LogP contribution >= 0.6 is 0 Å². The van der Waals surface area contributed by atoms with Gasteiger partial charge in [-0.25, -0.2) is 0 Å². The highest BCUT2D eigenvalue weighted by Gasteiger charge is 2.32. The first-order valence-corrected chi connectivity index (χ1v) is 6.20.